The molecule has 0 bridgehead atoms. The predicted octanol–water partition coefficient (Wildman–Crippen LogP) is 2.95. The third kappa shape index (κ3) is 3.22. The molecular weight excluding hydrogens is 349 g/mol. The summed E-state index contributed by atoms with van der Waals surface area (Å²) in [6.45, 7) is 1.26. The molecule has 2 aromatic rings. The highest BCUT2D eigenvalue weighted by Gasteiger charge is 2.22. The second-order valence-corrected chi connectivity index (χ2v) is 7.40. The van der Waals surface area contributed by atoms with Crippen LogP contribution in [0.15, 0.2) is 35.5 Å². The van der Waals surface area contributed by atoms with Gasteiger partial charge in [0, 0.05) is 17.8 Å². The number of benzene rings is 1. The molecule has 1 aromatic carbocycles. The van der Waals surface area contributed by atoms with Crippen molar-refractivity contribution < 1.29 is 13.2 Å². The maximum Gasteiger partial charge on any atom is 0.263 e. The number of hydrogen-bond acceptors (Lipinski definition) is 4. The topological polar surface area (TPSA) is 73.2 Å². The van der Waals surface area contributed by atoms with Crippen LogP contribution in [-0.2, 0) is 14.8 Å². The van der Waals surface area contributed by atoms with Crippen molar-refractivity contribution in [2.75, 3.05) is 17.9 Å². The average molecular weight is 362 g/mol. The van der Waals surface area contributed by atoms with Crippen LogP contribution < -0.4 is 4.72 Å². The van der Waals surface area contributed by atoms with Crippen LogP contribution in [0.1, 0.15) is 12.5 Å². The van der Waals surface area contributed by atoms with Crippen molar-refractivity contribution in [3.05, 3.63) is 40.6 Å². The Kier molecular flexibility index (Phi) is 4.31. The fourth-order valence-electron chi connectivity index (χ4n) is 2.21. The van der Waals surface area contributed by atoms with Gasteiger partial charge in [0.2, 0.25) is 0 Å². The Morgan fingerprint density at radius 2 is 2.18 bits per heavy atom. The molecule has 22 heavy (non-hydrogen) atoms. The summed E-state index contributed by atoms with van der Waals surface area (Å²) in [6.07, 6.45) is 3.94. The molecular formula is C13H13Cl2N3O3S. The molecule has 3 rings (SSSR count). The highest BCUT2D eigenvalue weighted by atomic mass is 35.5. The normalized spacial score (nSPS) is 18.5. The van der Waals surface area contributed by atoms with Gasteiger partial charge in [-0.3, -0.25) is 9.40 Å². The van der Waals surface area contributed by atoms with Gasteiger partial charge < -0.3 is 4.74 Å². The van der Waals surface area contributed by atoms with Crippen LogP contribution in [0.25, 0.3) is 0 Å². The molecule has 1 aromatic heterocycles. The number of anilines is 1. The van der Waals surface area contributed by atoms with E-state index in [0.29, 0.717) is 23.9 Å². The SMILES string of the molecule is O=S(=O)(Nc1cnn([C@@H]2CCOC2)c1)c1cc(Cl)ccc1Cl. The summed E-state index contributed by atoms with van der Waals surface area (Å²) in [5.74, 6) is 0. The zero-order chi connectivity index (χ0) is 15.7. The van der Waals surface area contributed by atoms with Gasteiger partial charge in [0.15, 0.2) is 0 Å². The van der Waals surface area contributed by atoms with Crippen LogP contribution in [-0.4, -0.2) is 31.4 Å². The number of nitrogens with zero attached hydrogens (tertiary/aromatic N) is 2. The van der Waals surface area contributed by atoms with Crippen molar-refractivity contribution >= 4 is 38.9 Å². The summed E-state index contributed by atoms with van der Waals surface area (Å²) in [4.78, 5) is -0.0707. The first kappa shape index (κ1) is 15.6. The Labute approximate surface area is 138 Å². The second kappa shape index (κ2) is 6.08. The summed E-state index contributed by atoms with van der Waals surface area (Å²) in [5.41, 5.74) is 0.364. The van der Waals surface area contributed by atoms with E-state index in [4.69, 9.17) is 27.9 Å². The molecule has 0 spiro atoms. The van der Waals surface area contributed by atoms with Crippen LogP contribution >= 0.6 is 23.2 Å². The van der Waals surface area contributed by atoms with E-state index in [0.717, 1.165) is 6.42 Å². The van der Waals surface area contributed by atoms with Crippen LogP contribution in [0.4, 0.5) is 5.69 Å². The molecule has 6 nitrogen and oxygen atoms in total. The molecule has 9 heteroatoms. The van der Waals surface area contributed by atoms with E-state index in [1.54, 1.807) is 10.9 Å². The van der Waals surface area contributed by atoms with Crippen molar-refractivity contribution in [1.29, 1.82) is 0 Å². The van der Waals surface area contributed by atoms with Gasteiger partial charge in [-0.05, 0) is 24.6 Å². The molecule has 1 atom stereocenters. The summed E-state index contributed by atoms with van der Waals surface area (Å²) < 4.78 is 34.2. The van der Waals surface area contributed by atoms with Crippen molar-refractivity contribution in [2.45, 2.75) is 17.4 Å². The smallest absolute Gasteiger partial charge is 0.263 e. The molecule has 0 radical (unpaired) electrons. The third-order valence-corrected chi connectivity index (χ3v) is 5.41. The summed E-state index contributed by atoms with van der Waals surface area (Å²) >= 11 is 11.8. The zero-order valence-electron chi connectivity index (χ0n) is 11.4. The minimum atomic E-state index is -3.83. The van der Waals surface area contributed by atoms with Gasteiger partial charge in [0.1, 0.15) is 4.90 Å². The zero-order valence-corrected chi connectivity index (χ0v) is 13.7. The molecule has 1 aliphatic heterocycles. The second-order valence-electron chi connectivity index (χ2n) is 4.91. The molecule has 1 N–H and O–H groups in total. The fraction of sp³-hybridized carbons (Fsp3) is 0.308. The Morgan fingerprint density at radius 1 is 1.36 bits per heavy atom. The van der Waals surface area contributed by atoms with Crippen molar-refractivity contribution in [1.82, 2.24) is 9.78 Å². The van der Waals surface area contributed by atoms with E-state index in [1.165, 1.54) is 24.4 Å². The van der Waals surface area contributed by atoms with Gasteiger partial charge in [-0.15, -0.1) is 0 Å². The van der Waals surface area contributed by atoms with E-state index in [9.17, 15) is 8.42 Å². The molecule has 2 heterocycles. The van der Waals surface area contributed by atoms with Crippen LogP contribution in [0.2, 0.25) is 10.0 Å². The lowest BCUT2D eigenvalue weighted by atomic mass is 10.3. The average Bonchev–Trinajstić information content (AvgIpc) is 3.11. The Hall–Kier alpha value is -1.28. The molecule has 0 saturated carbocycles. The minimum Gasteiger partial charge on any atom is -0.379 e. The van der Waals surface area contributed by atoms with E-state index in [-0.39, 0.29) is 16.0 Å². The molecule has 118 valence electrons. The molecule has 0 amide bonds. The number of rotatable bonds is 4. The van der Waals surface area contributed by atoms with Gasteiger partial charge in [0.25, 0.3) is 10.0 Å². The van der Waals surface area contributed by atoms with E-state index >= 15 is 0 Å². The lowest BCUT2D eigenvalue weighted by molar-refractivity contribution is 0.184. The standard InChI is InChI=1S/C13H13Cl2N3O3S/c14-9-1-2-12(15)13(5-9)22(19,20)17-10-6-16-18(7-10)11-3-4-21-8-11/h1-2,5-7,11,17H,3-4,8H2/t11-/m1/s1. The van der Waals surface area contributed by atoms with E-state index in [2.05, 4.69) is 9.82 Å². The number of sulfonamides is 1. The Morgan fingerprint density at radius 3 is 2.91 bits per heavy atom. The maximum absolute atomic E-state index is 12.4. The van der Waals surface area contributed by atoms with Crippen LogP contribution in [0, 0.1) is 0 Å². The largest absolute Gasteiger partial charge is 0.379 e. The minimum absolute atomic E-state index is 0.0707. The number of nitrogens with one attached hydrogen (secondary N) is 1. The lowest BCUT2D eigenvalue weighted by Gasteiger charge is -2.09. The predicted molar refractivity (Wildman–Crippen MR) is 84.0 cm³/mol. The van der Waals surface area contributed by atoms with Crippen molar-refractivity contribution in [2.24, 2.45) is 0 Å². The van der Waals surface area contributed by atoms with Crippen molar-refractivity contribution in [3.63, 3.8) is 0 Å². The number of halogens is 2. The first-order valence-corrected chi connectivity index (χ1v) is 8.79. The first-order valence-electron chi connectivity index (χ1n) is 6.55. The highest BCUT2D eigenvalue weighted by molar-refractivity contribution is 7.92. The monoisotopic (exact) mass is 361 g/mol. The van der Waals surface area contributed by atoms with Gasteiger partial charge in [-0.25, -0.2) is 8.42 Å². The summed E-state index contributed by atoms with van der Waals surface area (Å²) in [7, 11) is -3.83. The summed E-state index contributed by atoms with van der Waals surface area (Å²) in [6, 6.07) is 4.41. The van der Waals surface area contributed by atoms with Gasteiger partial charge in [-0.1, -0.05) is 23.2 Å². The third-order valence-electron chi connectivity index (χ3n) is 3.32. The Balaban J connectivity index is 1.83. The molecule has 1 aliphatic rings. The van der Waals surface area contributed by atoms with E-state index < -0.39 is 10.0 Å². The van der Waals surface area contributed by atoms with Gasteiger partial charge in [-0.2, -0.15) is 5.10 Å². The quantitative estimate of drug-likeness (QED) is 0.908. The van der Waals surface area contributed by atoms with Gasteiger partial charge in [0.05, 0.1) is 29.6 Å². The lowest BCUT2D eigenvalue weighted by Crippen LogP contribution is -2.13. The fourth-order valence-corrected chi connectivity index (χ4v) is 4.01. The van der Waals surface area contributed by atoms with Crippen LogP contribution in [0.3, 0.4) is 0 Å². The molecule has 1 saturated heterocycles. The Bertz CT molecular complexity index is 786. The van der Waals surface area contributed by atoms with Gasteiger partial charge >= 0.3 is 0 Å². The molecule has 0 unspecified atom stereocenters. The van der Waals surface area contributed by atoms with Crippen LogP contribution in [0.5, 0.6) is 0 Å². The summed E-state index contributed by atoms with van der Waals surface area (Å²) in [5, 5.41) is 4.57. The molecule has 0 aliphatic carbocycles. The van der Waals surface area contributed by atoms with Crippen molar-refractivity contribution in [3.8, 4) is 0 Å². The number of aromatic nitrogens is 2. The van der Waals surface area contributed by atoms with E-state index in [1.807, 2.05) is 0 Å². The first-order chi connectivity index (χ1) is 10.5. The maximum atomic E-state index is 12.4. The molecule has 1 fully saturated rings. The highest BCUT2D eigenvalue weighted by Crippen LogP contribution is 2.27. The number of hydrogen-bond donors (Lipinski definition) is 1. The number of ether oxygens (including phenoxy) is 1.